The normalized spacial score (nSPS) is 29.9. The molecule has 3 fully saturated rings. The zero-order valence-corrected chi connectivity index (χ0v) is 8.48. The van der Waals surface area contributed by atoms with E-state index >= 15 is 0 Å². The van der Waals surface area contributed by atoms with Crippen LogP contribution in [-0.4, -0.2) is 23.1 Å². The molecule has 0 N–H and O–H groups in total. The van der Waals surface area contributed by atoms with E-state index < -0.39 is 0 Å². The molecule has 1 aromatic heterocycles. The Labute approximate surface area is 84.2 Å². The number of rotatable bonds is 1. The molecule has 4 rings (SSSR count). The van der Waals surface area contributed by atoms with Gasteiger partial charge in [-0.2, -0.15) is 0 Å². The van der Waals surface area contributed by atoms with E-state index in [4.69, 9.17) is 0 Å². The van der Waals surface area contributed by atoms with E-state index in [0.717, 1.165) is 23.3 Å². The zero-order chi connectivity index (χ0) is 9.54. The second-order valence-corrected chi connectivity index (χ2v) is 4.67. The standard InChI is InChI=1S/C11H15N3/c1-8-4-12-11(13-5-8)14-6-9-2-10(3-9)7-14/h4-5,9-10H,2-3,6-7H2,1H3. The quantitative estimate of drug-likeness (QED) is 0.672. The van der Waals surface area contributed by atoms with E-state index in [9.17, 15) is 0 Å². The molecule has 0 amide bonds. The second kappa shape index (κ2) is 2.94. The molecule has 3 nitrogen and oxygen atoms in total. The van der Waals surface area contributed by atoms with Crippen molar-refractivity contribution in [3.8, 4) is 0 Å². The molecule has 74 valence electrons. The summed E-state index contributed by atoms with van der Waals surface area (Å²) in [6.45, 7) is 4.36. The lowest BCUT2D eigenvalue weighted by Gasteiger charge is -2.47. The first-order valence-corrected chi connectivity index (χ1v) is 5.35. The third kappa shape index (κ3) is 1.27. The van der Waals surface area contributed by atoms with Crippen molar-refractivity contribution in [3.05, 3.63) is 18.0 Å². The van der Waals surface area contributed by atoms with Crippen LogP contribution >= 0.6 is 0 Å². The Balaban J connectivity index is 1.79. The third-order valence-corrected chi connectivity index (χ3v) is 3.34. The molecular weight excluding hydrogens is 174 g/mol. The Morgan fingerprint density at radius 1 is 1.14 bits per heavy atom. The minimum absolute atomic E-state index is 0.915. The highest BCUT2D eigenvalue weighted by molar-refractivity contribution is 5.32. The van der Waals surface area contributed by atoms with Crippen LogP contribution in [0.15, 0.2) is 12.4 Å². The highest BCUT2D eigenvalue weighted by Gasteiger charge is 2.37. The summed E-state index contributed by atoms with van der Waals surface area (Å²) < 4.78 is 0. The van der Waals surface area contributed by atoms with Gasteiger partial charge >= 0.3 is 0 Å². The van der Waals surface area contributed by atoms with Crippen molar-refractivity contribution in [1.82, 2.24) is 9.97 Å². The van der Waals surface area contributed by atoms with Crippen LogP contribution in [0.2, 0.25) is 0 Å². The molecular formula is C11H15N3. The fourth-order valence-electron chi connectivity index (χ4n) is 2.58. The molecule has 0 unspecified atom stereocenters. The fourth-order valence-corrected chi connectivity index (χ4v) is 2.58. The molecule has 0 atom stereocenters. The molecule has 1 aliphatic carbocycles. The Hall–Kier alpha value is -1.12. The first-order chi connectivity index (χ1) is 6.81. The van der Waals surface area contributed by atoms with Crippen LogP contribution in [0.1, 0.15) is 18.4 Å². The molecule has 1 aromatic rings. The molecule has 0 spiro atoms. The number of nitrogens with zero attached hydrogens (tertiary/aromatic N) is 3. The lowest BCUT2D eigenvalue weighted by Crippen LogP contribution is -2.49. The first kappa shape index (κ1) is 8.21. The molecule has 2 bridgehead atoms. The van der Waals surface area contributed by atoms with Gasteiger partial charge in [-0.25, -0.2) is 9.97 Å². The molecule has 2 aliphatic heterocycles. The zero-order valence-electron chi connectivity index (χ0n) is 8.48. The monoisotopic (exact) mass is 189 g/mol. The van der Waals surface area contributed by atoms with E-state index in [1.54, 1.807) is 0 Å². The minimum atomic E-state index is 0.915. The van der Waals surface area contributed by atoms with Gasteiger partial charge in [0.25, 0.3) is 0 Å². The summed E-state index contributed by atoms with van der Waals surface area (Å²) in [6, 6.07) is 0. The molecule has 3 heterocycles. The molecule has 3 heteroatoms. The Bertz CT molecular complexity index is 317. The van der Waals surface area contributed by atoms with Gasteiger partial charge in [0.2, 0.25) is 5.95 Å². The van der Waals surface area contributed by atoms with Gasteiger partial charge in [0.05, 0.1) is 0 Å². The summed E-state index contributed by atoms with van der Waals surface area (Å²) in [5.41, 5.74) is 1.14. The van der Waals surface area contributed by atoms with Gasteiger partial charge < -0.3 is 4.90 Å². The average Bonchev–Trinajstić information content (AvgIpc) is 2.18. The van der Waals surface area contributed by atoms with Gasteiger partial charge in [0, 0.05) is 25.5 Å². The maximum Gasteiger partial charge on any atom is 0.225 e. The van der Waals surface area contributed by atoms with E-state index in [1.165, 1.54) is 25.9 Å². The van der Waals surface area contributed by atoms with Crippen molar-refractivity contribution in [3.63, 3.8) is 0 Å². The smallest absolute Gasteiger partial charge is 0.225 e. The number of aromatic nitrogens is 2. The molecule has 1 saturated carbocycles. The van der Waals surface area contributed by atoms with Crippen LogP contribution in [0.3, 0.4) is 0 Å². The maximum absolute atomic E-state index is 4.37. The van der Waals surface area contributed by atoms with Crippen LogP contribution in [-0.2, 0) is 0 Å². The highest BCUT2D eigenvalue weighted by Crippen LogP contribution is 2.40. The SMILES string of the molecule is Cc1cnc(N2CC3CC(C3)C2)nc1. The molecule has 2 saturated heterocycles. The van der Waals surface area contributed by atoms with Gasteiger partial charge in [0.1, 0.15) is 0 Å². The Kier molecular flexibility index (Phi) is 1.72. The average molecular weight is 189 g/mol. The number of piperidine rings is 2. The summed E-state index contributed by atoms with van der Waals surface area (Å²) >= 11 is 0. The van der Waals surface area contributed by atoms with Gasteiger partial charge in [-0.1, -0.05) is 0 Å². The number of hydrogen-bond donors (Lipinski definition) is 0. The number of anilines is 1. The second-order valence-electron chi connectivity index (χ2n) is 4.67. The summed E-state index contributed by atoms with van der Waals surface area (Å²) in [6.07, 6.45) is 6.68. The van der Waals surface area contributed by atoms with Crippen LogP contribution in [0.25, 0.3) is 0 Å². The maximum atomic E-state index is 4.37. The first-order valence-electron chi connectivity index (χ1n) is 5.35. The van der Waals surface area contributed by atoms with E-state index in [2.05, 4.69) is 14.9 Å². The lowest BCUT2D eigenvalue weighted by atomic mass is 9.71. The van der Waals surface area contributed by atoms with E-state index in [-0.39, 0.29) is 0 Å². The topological polar surface area (TPSA) is 29.0 Å². The van der Waals surface area contributed by atoms with Crippen molar-refractivity contribution in [2.75, 3.05) is 18.0 Å². The highest BCUT2D eigenvalue weighted by atomic mass is 15.3. The summed E-state index contributed by atoms with van der Waals surface area (Å²) in [5, 5.41) is 0. The predicted octanol–water partition coefficient (Wildman–Crippen LogP) is 1.63. The van der Waals surface area contributed by atoms with E-state index in [0.29, 0.717) is 0 Å². The number of hydrogen-bond acceptors (Lipinski definition) is 3. The summed E-state index contributed by atoms with van der Waals surface area (Å²) in [4.78, 5) is 11.1. The van der Waals surface area contributed by atoms with Crippen LogP contribution in [0.5, 0.6) is 0 Å². The molecule has 0 radical (unpaired) electrons. The third-order valence-electron chi connectivity index (χ3n) is 3.34. The van der Waals surface area contributed by atoms with Crippen molar-refractivity contribution in [2.45, 2.75) is 19.8 Å². The molecule has 14 heavy (non-hydrogen) atoms. The van der Waals surface area contributed by atoms with E-state index in [1.807, 2.05) is 19.3 Å². The van der Waals surface area contributed by atoms with Gasteiger partial charge in [0.15, 0.2) is 0 Å². The molecule has 3 aliphatic rings. The largest absolute Gasteiger partial charge is 0.340 e. The predicted molar refractivity (Wildman–Crippen MR) is 55.2 cm³/mol. The van der Waals surface area contributed by atoms with Crippen molar-refractivity contribution in [2.24, 2.45) is 11.8 Å². The Morgan fingerprint density at radius 3 is 2.29 bits per heavy atom. The van der Waals surface area contributed by atoms with Gasteiger partial charge in [-0.15, -0.1) is 0 Å². The van der Waals surface area contributed by atoms with Crippen molar-refractivity contribution in [1.29, 1.82) is 0 Å². The van der Waals surface area contributed by atoms with Crippen molar-refractivity contribution < 1.29 is 0 Å². The Morgan fingerprint density at radius 2 is 1.71 bits per heavy atom. The number of fused-ring (bicyclic) bond motifs is 2. The fraction of sp³-hybridized carbons (Fsp3) is 0.636. The summed E-state index contributed by atoms with van der Waals surface area (Å²) in [5.74, 6) is 2.75. The molecule has 0 aromatic carbocycles. The van der Waals surface area contributed by atoms with Crippen LogP contribution in [0, 0.1) is 18.8 Å². The number of aryl methyl sites for hydroxylation is 1. The minimum Gasteiger partial charge on any atom is -0.340 e. The summed E-state index contributed by atoms with van der Waals surface area (Å²) in [7, 11) is 0. The van der Waals surface area contributed by atoms with Crippen LogP contribution in [0.4, 0.5) is 5.95 Å². The van der Waals surface area contributed by atoms with Gasteiger partial charge in [-0.3, -0.25) is 0 Å². The van der Waals surface area contributed by atoms with Crippen molar-refractivity contribution >= 4 is 5.95 Å². The van der Waals surface area contributed by atoms with Crippen LogP contribution < -0.4 is 4.90 Å². The van der Waals surface area contributed by atoms with Gasteiger partial charge in [-0.05, 0) is 37.2 Å². The lowest BCUT2D eigenvalue weighted by molar-refractivity contribution is 0.157.